The summed E-state index contributed by atoms with van der Waals surface area (Å²) in [6.07, 6.45) is 3.48. The molecule has 0 spiro atoms. The van der Waals surface area contributed by atoms with E-state index in [2.05, 4.69) is 17.4 Å². The number of nitrogens with one attached hydrogen (secondary N) is 1. The predicted molar refractivity (Wildman–Crippen MR) is 107 cm³/mol. The Kier molecular flexibility index (Phi) is 5.33. The number of hydrogen-bond acceptors (Lipinski definition) is 4. The monoisotopic (exact) mass is 377 g/mol. The predicted octanol–water partition coefficient (Wildman–Crippen LogP) is 5.00. The highest BCUT2D eigenvalue weighted by Gasteiger charge is 2.14. The van der Waals surface area contributed by atoms with Crippen molar-refractivity contribution < 1.29 is 18.7 Å². The van der Waals surface area contributed by atoms with Gasteiger partial charge in [-0.1, -0.05) is 6.07 Å². The van der Waals surface area contributed by atoms with Crippen LogP contribution < -0.4 is 14.8 Å². The zero-order chi connectivity index (χ0) is 19.3. The molecule has 0 bridgehead atoms. The van der Waals surface area contributed by atoms with Crippen molar-refractivity contribution in [3.05, 3.63) is 77.2 Å². The number of furan rings is 1. The first-order chi connectivity index (χ1) is 13.7. The maximum Gasteiger partial charge on any atom is 0.291 e. The number of benzene rings is 2. The molecule has 1 N–H and O–H groups in total. The number of aryl methyl sites for hydroxylation is 2. The van der Waals surface area contributed by atoms with Crippen molar-refractivity contribution in [1.29, 1.82) is 0 Å². The van der Waals surface area contributed by atoms with Crippen LogP contribution in [0.5, 0.6) is 11.5 Å². The molecule has 3 aromatic rings. The number of amides is 1. The largest absolute Gasteiger partial charge is 0.494 e. The van der Waals surface area contributed by atoms with E-state index in [4.69, 9.17) is 13.9 Å². The van der Waals surface area contributed by atoms with Crippen molar-refractivity contribution in [2.75, 3.05) is 11.9 Å². The lowest BCUT2D eigenvalue weighted by molar-refractivity contribution is 0.0992. The Balaban J connectivity index is 1.33. The average molecular weight is 377 g/mol. The molecule has 4 rings (SSSR count). The second kappa shape index (κ2) is 8.21. The smallest absolute Gasteiger partial charge is 0.291 e. The zero-order valence-electron chi connectivity index (χ0n) is 15.9. The van der Waals surface area contributed by atoms with Crippen LogP contribution in [0.15, 0.2) is 59.0 Å². The standard InChI is InChI=1S/C23H23NO4/c1-2-26-19-10-7-18(8-11-19)24-23(25)22-13-12-21(28-22)15-27-20-9-6-16-4-3-5-17(16)14-20/h6-14H,2-5,15H2,1H3,(H,24,25). The minimum Gasteiger partial charge on any atom is -0.494 e. The quantitative estimate of drug-likeness (QED) is 0.629. The van der Waals surface area contributed by atoms with E-state index < -0.39 is 0 Å². The van der Waals surface area contributed by atoms with Crippen LogP contribution >= 0.6 is 0 Å². The number of carbonyl (C=O) groups excluding carboxylic acids is 1. The van der Waals surface area contributed by atoms with Crippen LogP contribution in [0, 0.1) is 0 Å². The fraction of sp³-hybridized carbons (Fsp3) is 0.261. The fourth-order valence-electron chi connectivity index (χ4n) is 3.36. The van der Waals surface area contributed by atoms with Crippen LogP contribution in [-0.4, -0.2) is 12.5 Å². The summed E-state index contributed by atoms with van der Waals surface area (Å²) in [5.74, 6) is 2.16. The number of anilines is 1. The van der Waals surface area contributed by atoms with Gasteiger partial charge in [-0.3, -0.25) is 4.79 Å². The maximum absolute atomic E-state index is 12.4. The van der Waals surface area contributed by atoms with Gasteiger partial charge in [-0.05, 0) is 85.8 Å². The third kappa shape index (κ3) is 4.19. The van der Waals surface area contributed by atoms with Crippen molar-refractivity contribution in [3.63, 3.8) is 0 Å². The van der Waals surface area contributed by atoms with Gasteiger partial charge >= 0.3 is 0 Å². The molecule has 1 aliphatic rings. The number of rotatable bonds is 7. The average Bonchev–Trinajstić information content (AvgIpc) is 3.37. The van der Waals surface area contributed by atoms with Crippen LogP contribution in [0.4, 0.5) is 5.69 Å². The molecule has 0 radical (unpaired) electrons. The van der Waals surface area contributed by atoms with E-state index in [1.54, 1.807) is 24.3 Å². The Labute approximate surface area is 164 Å². The summed E-state index contributed by atoms with van der Waals surface area (Å²) in [6, 6.07) is 16.9. The molecule has 0 saturated heterocycles. The Morgan fingerprint density at radius 3 is 2.57 bits per heavy atom. The van der Waals surface area contributed by atoms with Gasteiger partial charge in [0.2, 0.25) is 0 Å². The molecule has 5 nitrogen and oxygen atoms in total. The van der Waals surface area contributed by atoms with E-state index in [1.807, 2.05) is 25.1 Å². The molecule has 1 amide bonds. The lowest BCUT2D eigenvalue weighted by Gasteiger charge is -2.07. The lowest BCUT2D eigenvalue weighted by atomic mass is 10.1. The molecule has 0 unspecified atom stereocenters. The van der Waals surface area contributed by atoms with Crippen LogP contribution in [0.25, 0.3) is 0 Å². The molecular formula is C23H23NO4. The van der Waals surface area contributed by atoms with Crippen LogP contribution in [0.2, 0.25) is 0 Å². The van der Waals surface area contributed by atoms with Gasteiger partial charge in [0.1, 0.15) is 23.9 Å². The summed E-state index contributed by atoms with van der Waals surface area (Å²) in [4.78, 5) is 12.4. The molecule has 0 saturated carbocycles. The molecule has 0 fully saturated rings. The van der Waals surface area contributed by atoms with Crippen molar-refractivity contribution >= 4 is 11.6 Å². The molecule has 0 aliphatic heterocycles. The Morgan fingerprint density at radius 2 is 1.75 bits per heavy atom. The zero-order valence-corrected chi connectivity index (χ0v) is 15.9. The summed E-state index contributed by atoms with van der Waals surface area (Å²) < 4.78 is 16.9. The van der Waals surface area contributed by atoms with E-state index in [9.17, 15) is 4.79 Å². The minimum absolute atomic E-state index is 0.251. The number of ether oxygens (including phenoxy) is 2. The van der Waals surface area contributed by atoms with E-state index in [0.717, 1.165) is 24.3 Å². The summed E-state index contributed by atoms with van der Waals surface area (Å²) in [5.41, 5.74) is 3.46. The Morgan fingerprint density at radius 1 is 0.964 bits per heavy atom. The summed E-state index contributed by atoms with van der Waals surface area (Å²) in [7, 11) is 0. The van der Waals surface area contributed by atoms with Gasteiger partial charge in [-0.2, -0.15) is 0 Å². The molecule has 1 aromatic heterocycles. The van der Waals surface area contributed by atoms with Gasteiger partial charge in [0, 0.05) is 5.69 Å². The van der Waals surface area contributed by atoms with Gasteiger partial charge in [0.05, 0.1) is 6.61 Å². The van der Waals surface area contributed by atoms with Gasteiger partial charge in [0.25, 0.3) is 5.91 Å². The van der Waals surface area contributed by atoms with Crippen molar-refractivity contribution in [2.45, 2.75) is 32.8 Å². The SMILES string of the molecule is CCOc1ccc(NC(=O)c2ccc(COc3ccc4c(c3)CCC4)o2)cc1. The summed E-state index contributed by atoms with van der Waals surface area (Å²) in [6.45, 7) is 2.82. The Bertz CT molecular complexity index is 959. The normalized spacial score (nSPS) is 12.5. The van der Waals surface area contributed by atoms with E-state index >= 15 is 0 Å². The second-order valence-electron chi connectivity index (χ2n) is 6.75. The van der Waals surface area contributed by atoms with Crippen LogP contribution in [0.3, 0.4) is 0 Å². The second-order valence-corrected chi connectivity index (χ2v) is 6.75. The molecule has 144 valence electrons. The molecule has 2 aromatic carbocycles. The van der Waals surface area contributed by atoms with Crippen molar-refractivity contribution in [2.24, 2.45) is 0 Å². The highest BCUT2D eigenvalue weighted by atomic mass is 16.5. The van der Waals surface area contributed by atoms with Crippen molar-refractivity contribution in [1.82, 2.24) is 0 Å². The first kappa shape index (κ1) is 18.2. The molecular weight excluding hydrogens is 354 g/mol. The van der Waals surface area contributed by atoms with E-state index in [0.29, 0.717) is 18.1 Å². The third-order valence-electron chi connectivity index (χ3n) is 4.76. The number of hydrogen-bond donors (Lipinski definition) is 1. The van der Waals surface area contributed by atoms with E-state index in [-0.39, 0.29) is 18.3 Å². The molecule has 0 atom stereocenters. The fourth-order valence-corrected chi connectivity index (χ4v) is 3.36. The molecule has 1 aliphatic carbocycles. The van der Waals surface area contributed by atoms with Crippen molar-refractivity contribution in [3.8, 4) is 11.5 Å². The Hall–Kier alpha value is -3.21. The number of carbonyl (C=O) groups is 1. The highest BCUT2D eigenvalue weighted by Crippen LogP contribution is 2.26. The summed E-state index contributed by atoms with van der Waals surface area (Å²) >= 11 is 0. The maximum atomic E-state index is 12.4. The highest BCUT2D eigenvalue weighted by molar-refractivity contribution is 6.02. The van der Waals surface area contributed by atoms with E-state index in [1.165, 1.54) is 17.5 Å². The molecule has 28 heavy (non-hydrogen) atoms. The van der Waals surface area contributed by atoms with Crippen LogP contribution in [-0.2, 0) is 19.4 Å². The minimum atomic E-state index is -0.298. The first-order valence-corrected chi connectivity index (χ1v) is 9.59. The topological polar surface area (TPSA) is 60.7 Å². The lowest BCUT2D eigenvalue weighted by Crippen LogP contribution is -2.10. The summed E-state index contributed by atoms with van der Waals surface area (Å²) in [5, 5.41) is 2.81. The van der Waals surface area contributed by atoms with Gasteiger partial charge in [-0.15, -0.1) is 0 Å². The molecule has 1 heterocycles. The van der Waals surface area contributed by atoms with Gasteiger partial charge in [0.15, 0.2) is 5.76 Å². The van der Waals surface area contributed by atoms with Gasteiger partial charge < -0.3 is 19.2 Å². The van der Waals surface area contributed by atoms with Gasteiger partial charge in [-0.25, -0.2) is 0 Å². The third-order valence-corrected chi connectivity index (χ3v) is 4.76. The first-order valence-electron chi connectivity index (χ1n) is 9.59. The van der Waals surface area contributed by atoms with Crippen LogP contribution in [0.1, 0.15) is 40.8 Å². The number of fused-ring (bicyclic) bond motifs is 1. The molecule has 5 heteroatoms.